The number of thioether (sulfide) groups is 2. The molecule has 0 aromatic heterocycles. The van der Waals surface area contributed by atoms with Crippen LogP contribution in [0.1, 0.15) is 44.7 Å². The number of primary amides is 1. The first kappa shape index (κ1) is 23.1. The number of hydrogen-bond acceptors (Lipinski definition) is 6. The SMILES string of the molecule is CCCC(=O)N1c2ccc(C)cc2/C(=C2/SC(C(N)=O)=C(C(=O)S)S2)C(=S)C1(C)C. The number of rotatable bonds is 4. The Hall–Kier alpha value is -1.55. The summed E-state index contributed by atoms with van der Waals surface area (Å²) in [7, 11) is 0. The molecule has 2 amide bonds. The number of fused-ring (bicyclic) bond motifs is 1. The Morgan fingerprint density at radius 1 is 1.20 bits per heavy atom. The van der Waals surface area contributed by atoms with Gasteiger partial charge in [0.15, 0.2) is 0 Å². The maximum atomic E-state index is 13.0. The highest BCUT2D eigenvalue weighted by Gasteiger charge is 2.45. The van der Waals surface area contributed by atoms with Gasteiger partial charge >= 0.3 is 0 Å². The van der Waals surface area contributed by atoms with E-state index in [0.29, 0.717) is 15.5 Å². The Labute approximate surface area is 195 Å². The average Bonchev–Trinajstić information content (AvgIpc) is 3.09. The maximum absolute atomic E-state index is 13.0. The van der Waals surface area contributed by atoms with E-state index in [1.165, 1.54) is 0 Å². The van der Waals surface area contributed by atoms with E-state index in [1.54, 1.807) is 4.90 Å². The fraction of sp³-hybridized carbons (Fsp3) is 0.333. The smallest absolute Gasteiger partial charge is 0.256 e. The van der Waals surface area contributed by atoms with Crippen LogP contribution in [0.4, 0.5) is 5.69 Å². The molecule has 5 nitrogen and oxygen atoms in total. The molecule has 2 aliphatic rings. The minimum Gasteiger partial charge on any atom is -0.365 e. The van der Waals surface area contributed by atoms with Crippen molar-refractivity contribution >= 4 is 81.4 Å². The number of amides is 2. The van der Waals surface area contributed by atoms with Crippen molar-refractivity contribution in [3.63, 3.8) is 0 Å². The van der Waals surface area contributed by atoms with E-state index in [2.05, 4.69) is 12.6 Å². The number of anilines is 1. The van der Waals surface area contributed by atoms with Crippen molar-refractivity contribution in [2.75, 3.05) is 4.90 Å². The first-order valence-corrected chi connectivity index (χ1v) is 11.9. The van der Waals surface area contributed by atoms with E-state index >= 15 is 0 Å². The van der Waals surface area contributed by atoms with Crippen molar-refractivity contribution in [1.82, 2.24) is 0 Å². The molecule has 0 fully saturated rings. The number of carbonyl (C=O) groups excluding carboxylic acids is 3. The molecule has 0 atom stereocenters. The highest BCUT2D eigenvalue weighted by atomic mass is 32.2. The molecular formula is C21H22N2O3S4. The lowest BCUT2D eigenvalue weighted by molar-refractivity contribution is -0.119. The fourth-order valence-corrected chi connectivity index (χ4v) is 6.79. The van der Waals surface area contributed by atoms with Gasteiger partial charge in [-0.05, 0) is 39.3 Å². The van der Waals surface area contributed by atoms with Crippen LogP contribution in [-0.4, -0.2) is 27.3 Å². The van der Waals surface area contributed by atoms with Crippen LogP contribution in [0.3, 0.4) is 0 Å². The Balaban J connectivity index is 2.26. The predicted molar refractivity (Wildman–Crippen MR) is 133 cm³/mol. The Kier molecular flexibility index (Phi) is 6.57. The van der Waals surface area contributed by atoms with Gasteiger partial charge < -0.3 is 10.6 Å². The molecule has 9 heteroatoms. The third-order valence-electron chi connectivity index (χ3n) is 4.94. The summed E-state index contributed by atoms with van der Waals surface area (Å²) in [5, 5.41) is -0.512. The first-order chi connectivity index (χ1) is 14.0. The Morgan fingerprint density at radius 3 is 2.37 bits per heavy atom. The fourth-order valence-electron chi connectivity index (χ4n) is 3.55. The van der Waals surface area contributed by atoms with Crippen LogP contribution in [0.25, 0.3) is 5.57 Å². The molecule has 0 radical (unpaired) electrons. The summed E-state index contributed by atoms with van der Waals surface area (Å²) in [5.74, 6) is -0.668. The lowest BCUT2D eigenvalue weighted by Gasteiger charge is -2.45. The molecule has 1 aromatic carbocycles. The largest absolute Gasteiger partial charge is 0.365 e. The summed E-state index contributed by atoms with van der Waals surface area (Å²) in [5.41, 5.74) is 8.09. The van der Waals surface area contributed by atoms with Crippen molar-refractivity contribution in [3.05, 3.63) is 43.4 Å². The highest BCUT2D eigenvalue weighted by Crippen LogP contribution is 2.56. The van der Waals surface area contributed by atoms with Crippen LogP contribution in [0, 0.1) is 6.92 Å². The van der Waals surface area contributed by atoms with E-state index in [0.717, 1.165) is 52.3 Å². The average molecular weight is 479 g/mol. The number of thiol groups is 1. The normalized spacial score (nSPS) is 20.4. The zero-order chi connectivity index (χ0) is 22.4. The van der Waals surface area contributed by atoms with Gasteiger partial charge in [0.2, 0.25) is 11.0 Å². The lowest BCUT2D eigenvalue weighted by atomic mass is 9.82. The standard InChI is InChI=1S/C21H22N2O3S4/c1-5-6-13(24)23-12-8-7-10(2)9-11(12)14(17(27)21(23,3)4)20-29-15(18(22)25)16(30-20)19(26)28/h7-9H,5-6H2,1-4H3,(H2,22,25)(H,26,28)/b20-14+. The molecule has 0 saturated heterocycles. The summed E-state index contributed by atoms with van der Waals surface area (Å²) < 4.78 is 0.703. The topological polar surface area (TPSA) is 80.5 Å². The van der Waals surface area contributed by atoms with Crippen LogP contribution in [0.15, 0.2) is 32.2 Å². The van der Waals surface area contributed by atoms with Gasteiger partial charge in [-0.2, -0.15) is 0 Å². The van der Waals surface area contributed by atoms with E-state index in [1.807, 2.05) is 45.9 Å². The van der Waals surface area contributed by atoms with Crippen molar-refractivity contribution in [3.8, 4) is 0 Å². The molecular weight excluding hydrogens is 457 g/mol. The van der Waals surface area contributed by atoms with E-state index in [-0.39, 0.29) is 15.7 Å². The van der Waals surface area contributed by atoms with Gasteiger partial charge in [-0.1, -0.05) is 66.9 Å². The Bertz CT molecular complexity index is 1030. The lowest BCUT2D eigenvalue weighted by Crippen LogP contribution is -2.55. The first-order valence-electron chi connectivity index (χ1n) is 9.36. The van der Waals surface area contributed by atoms with E-state index in [4.69, 9.17) is 18.0 Å². The van der Waals surface area contributed by atoms with Gasteiger partial charge in [-0.25, -0.2) is 0 Å². The van der Waals surface area contributed by atoms with Gasteiger partial charge in [0, 0.05) is 17.6 Å². The van der Waals surface area contributed by atoms with E-state index in [9.17, 15) is 14.4 Å². The summed E-state index contributed by atoms with van der Waals surface area (Å²) >= 11 is 12.1. The molecule has 0 aliphatic carbocycles. The minimum atomic E-state index is -0.756. The molecule has 0 spiro atoms. The van der Waals surface area contributed by atoms with Crippen LogP contribution >= 0.6 is 48.4 Å². The van der Waals surface area contributed by atoms with E-state index < -0.39 is 16.6 Å². The number of hydrogen-bond donors (Lipinski definition) is 2. The third-order valence-corrected chi connectivity index (χ3v) is 8.63. The second-order valence-corrected chi connectivity index (χ2v) is 10.7. The molecule has 30 heavy (non-hydrogen) atoms. The summed E-state index contributed by atoms with van der Waals surface area (Å²) in [4.78, 5) is 39.6. The number of carbonyl (C=O) groups is 3. The molecule has 158 valence electrons. The molecule has 0 saturated carbocycles. The van der Waals surface area contributed by atoms with Gasteiger partial charge in [0.25, 0.3) is 5.91 Å². The second-order valence-electron chi connectivity index (χ2n) is 7.58. The number of aryl methyl sites for hydroxylation is 1. The minimum absolute atomic E-state index is 0.00732. The zero-order valence-corrected chi connectivity index (χ0v) is 20.4. The summed E-state index contributed by atoms with van der Waals surface area (Å²) in [6.45, 7) is 7.77. The summed E-state index contributed by atoms with van der Waals surface area (Å²) in [6, 6.07) is 5.87. The van der Waals surface area contributed by atoms with Crippen LogP contribution in [-0.2, 0) is 14.4 Å². The van der Waals surface area contributed by atoms with Crippen LogP contribution in [0.5, 0.6) is 0 Å². The number of benzene rings is 1. The highest BCUT2D eigenvalue weighted by molar-refractivity contribution is 8.30. The molecule has 3 rings (SSSR count). The van der Waals surface area contributed by atoms with Crippen molar-refractivity contribution in [1.29, 1.82) is 0 Å². The second kappa shape index (κ2) is 8.53. The van der Waals surface area contributed by atoms with Gasteiger partial charge in [0.1, 0.15) is 0 Å². The zero-order valence-electron chi connectivity index (χ0n) is 17.1. The maximum Gasteiger partial charge on any atom is 0.256 e. The molecule has 2 heterocycles. The predicted octanol–water partition coefficient (Wildman–Crippen LogP) is 4.59. The molecule has 1 aromatic rings. The monoisotopic (exact) mass is 478 g/mol. The van der Waals surface area contributed by atoms with Crippen LogP contribution < -0.4 is 10.6 Å². The van der Waals surface area contributed by atoms with Gasteiger partial charge in [0.05, 0.1) is 30.1 Å². The molecule has 0 unspecified atom stereocenters. The summed E-state index contributed by atoms with van der Waals surface area (Å²) in [6.07, 6.45) is 1.15. The van der Waals surface area contributed by atoms with Crippen LogP contribution in [0.2, 0.25) is 0 Å². The van der Waals surface area contributed by atoms with Gasteiger partial charge in [-0.15, -0.1) is 0 Å². The molecule has 2 N–H and O–H groups in total. The molecule has 0 bridgehead atoms. The number of thiocarbonyl (C=S) groups is 1. The van der Waals surface area contributed by atoms with Gasteiger partial charge in [-0.3, -0.25) is 14.4 Å². The van der Waals surface area contributed by atoms with Crippen molar-refractivity contribution in [2.24, 2.45) is 5.73 Å². The van der Waals surface area contributed by atoms with Crippen molar-refractivity contribution in [2.45, 2.75) is 46.1 Å². The number of nitrogens with two attached hydrogens (primary N) is 1. The van der Waals surface area contributed by atoms with Crippen molar-refractivity contribution < 1.29 is 14.4 Å². The third kappa shape index (κ3) is 3.88. The Morgan fingerprint density at radius 2 is 1.83 bits per heavy atom. The number of nitrogens with zero attached hydrogens (tertiary/aromatic N) is 1. The quantitative estimate of drug-likeness (QED) is 0.374. The molecule has 2 aliphatic heterocycles.